The van der Waals surface area contributed by atoms with E-state index in [0.717, 1.165) is 5.92 Å². The zero-order chi connectivity index (χ0) is 20.8. The average Bonchev–Trinajstić information content (AvgIpc) is 3.18. The van der Waals surface area contributed by atoms with E-state index in [1.54, 1.807) is 0 Å². The van der Waals surface area contributed by atoms with Gasteiger partial charge in [-0.2, -0.15) is 0 Å². The van der Waals surface area contributed by atoms with Crippen LogP contribution in [0.3, 0.4) is 0 Å². The smallest absolute Gasteiger partial charge is 0.0801 e. The second-order valence-corrected chi connectivity index (χ2v) is 10.3. The molecular weight excluding hydrogens is 430 g/mol. The van der Waals surface area contributed by atoms with E-state index in [2.05, 4.69) is 13.8 Å². The lowest BCUT2D eigenvalue weighted by Crippen LogP contribution is -3.10. The van der Waals surface area contributed by atoms with Crippen molar-refractivity contribution in [3.63, 3.8) is 0 Å². The molecule has 1 aliphatic rings. The molecular formula is C28H58BrN. The predicted molar refractivity (Wildman–Crippen MR) is 132 cm³/mol. The Hall–Kier alpha value is 0.440. The summed E-state index contributed by atoms with van der Waals surface area (Å²) < 4.78 is 0. The van der Waals surface area contributed by atoms with E-state index < -0.39 is 0 Å². The predicted octanol–water partition coefficient (Wildman–Crippen LogP) is 5.13. The Morgan fingerprint density at radius 3 is 1.40 bits per heavy atom. The molecule has 0 amide bonds. The SMILES string of the molecule is CCCCCCCCCCCCC1CC[NH+](CCCCCCCCCCCC)C1.[Br-]. The topological polar surface area (TPSA) is 4.44 Å². The second kappa shape index (κ2) is 24.1. The van der Waals surface area contributed by atoms with Crippen LogP contribution in [0.15, 0.2) is 0 Å². The van der Waals surface area contributed by atoms with Gasteiger partial charge in [0.1, 0.15) is 0 Å². The normalized spacial score (nSPS) is 18.6. The van der Waals surface area contributed by atoms with Crippen LogP contribution in [0.2, 0.25) is 0 Å². The van der Waals surface area contributed by atoms with Gasteiger partial charge >= 0.3 is 0 Å². The molecule has 2 heteroatoms. The zero-order valence-electron chi connectivity index (χ0n) is 21.1. The van der Waals surface area contributed by atoms with Crippen LogP contribution >= 0.6 is 0 Å². The van der Waals surface area contributed by atoms with Crippen LogP contribution in [0.25, 0.3) is 0 Å². The van der Waals surface area contributed by atoms with E-state index in [9.17, 15) is 0 Å². The maximum absolute atomic E-state index is 2.31. The summed E-state index contributed by atoms with van der Waals surface area (Å²) in [5.41, 5.74) is 0. The molecule has 1 heterocycles. The van der Waals surface area contributed by atoms with Gasteiger partial charge in [0.15, 0.2) is 0 Å². The minimum absolute atomic E-state index is 0. The Morgan fingerprint density at radius 1 is 0.533 bits per heavy atom. The molecule has 0 aromatic heterocycles. The third kappa shape index (κ3) is 19.1. The molecule has 1 saturated heterocycles. The minimum Gasteiger partial charge on any atom is -1.00 e. The van der Waals surface area contributed by atoms with E-state index in [1.807, 2.05) is 4.90 Å². The molecule has 0 spiro atoms. The van der Waals surface area contributed by atoms with Crippen molar-refractivity contribution in [2.45, 2.75) is 155 Å². The van der Waals surface area contributed by atoms with Gasteiger partial charge in [0.2, 0.25) is 0 Å². The number of rotatable bonds is 22. The monoisotopic (exact) mass is 487 g/mol. The van der Waals surface area contributed by atoms with Gasteiger partial charge in [0, 0.05) is 12.3 Å². The molecule has 0 aliphatic carbocycles. The summed E-state index contributed by atoms with van der Waals surface area (Å²) >= 11 is 0. The Morgan fingerprint density at radius 2 is 0.933 bits per heavy atom. The van der Waals surface area contributed by atoms with Crippen LogP contribution in [0, 0.1) is 5.92 Å². The summed E-state index contributed by atoms with van der Waals surface area (Å²) in [6.07, 6.45) is 32.5. The third-order valence-electron chi connectivity index (χ3n) is 7.33. The standard InChI is InChI=1S/C28H57N.BrH/c1-3-5-7-9-11-13-15-17-19-21-23-28-24-26-29(27-28)25-22-20-18-16-14-12-10-8-6-4-2;/h28H,3-27H2,1-2H3;1H. The van der Waals surface area contributed by atoms with Crippen LogP contribution in [0.4, 0.5) is 0 Å². The Labute approximate surface area is 202 Å². The maximum atomic E-state index is 2.31. The number of likely N-dealkylation sites (tertiary alicyclic amines) is 1. The van der Waals surface area contributed by atoms with Gasteiger partial charge in [-0.1, -0.05) is 129 Å². The van der Waals surface area contributed by atoms with Crippen molar-refractivity contribution < 1.29 is 21.9 Å². The van der Waals surface area contributed by atoms with Crippen molar-refractivity contribution in [1.82, 2.24) is 0 Å². The fraction of sp³-hybridized carbons (Fsp3) is 1.00. The van der Waals surface area contributed by atoms with Crippen molar-refractivity contribution in [3.8, 4) is 0 Å². The fourth-order valence-corrected chi connectivity index (χ4v) is 5.28. The van der Waals surface area contributed by atoms with E-state index in [1.165, 1.54) is 161 Å². The molecule has 0 saturated carbocycles. The molecule has 1 aliphatic heterocycles. The van der Waals surface area contributed by atoms with E-state index >= 15 is 0 Å². The van der Waals surface area contributed by atoms with Crippen molar-refractivity contribution in [2.75, 3.05) is 19.6 Å². The molecule has 1 rings (SSSR count). The van der Waals surface area contributed by atoms with Crippen molar-refractivity contribution in [3.05, 3.63) is 0 Å². The maximum Gasteiger partial charge on any atom is 0.0801 e. The lowest BCUT2D eigenvalue weighted by molar-refractivity contribution is -0.889. The van der Waals surface area contributed by atoms with Crippen molar-refractivity contribution >= 4 is 0 Å². The first-order chi connectivity index (χ1) is 14.4. The zero-order valence-corrected chi connectivity index (χ0v) is 22.7. The van der Waals surface area contributed by atoms with Gasteiger partial charge in [-0.15, -0.1) is 0 Å². The summed E-state index contributed by atoms with van der Waals surface area (Å²) in [6, 6.07) is 0. The number of nitrogens with one attached hydrogen (secondary N) is 1. The lowest BCUT2D eigenvalue weighted by Gasteiger charge is -2.13. The second-order valence-electron chi connectivity index (χ2n) is 10.3. The van der Waals surface area contributed by atoms with Crippen LogP contribution in [0.1, 0.15) is 155 Å². The number of quaternary nitrogens is 1. The summed E-state index contributed by atoms with van der Waals surface area (Å²) in [7, 11) is 0. The van der Waals surface area contributed by atoms with Crippen LogP contribution < -0.4 is 21.9 Å². The van der Waals surface area contributed by atoms with Gasteiger partial charge in [0.05, 0.1) is 19.6 Å². The molecule has 0 aromatic carbocycles. The van der Waals surface area contributed by atoms with Gasteiger partial charge in [0.25, 0.3) is 0 Å². The van der Waals surface area contributed by atoms with Gasteiger partial charge in [-0.3, -0.25) is 0 Å². The van der Waals surface area contributed by atoms with Crippen LogP contribution in [0.5, 0.6) is 0 Å². The number of halogens is 1. The summed E-state index contributed by atoms with van der Waals surface area (Å²) in [6.45, 7) is 9.05. The van der Waals surface area contributed by atoms with Gasteiger partial charge in [-0.05, 0) is 19.3 Å². The molecule has 2 unspecified atom stereocenters. The molecule has 2 atom stereocenters. The quantitative estimate of drug-likeness (QED) is 0.202. The average molecular weight is 489 g/mol. The highest BCUT2D eigenvalue weighted by atomic mass is 79.9. The number of unbranched alkanes of at least 4 members (excludes halogenated alkanes) is 18. The highest BCUT2D eigenvalue weighted by Crippen LogP contribution is 2.17. The number of hydrogen-bond acceptors (Lipinski definition) is 0. The number of hydrogen-bond donors (Lipinski definition) is 1. The van der Waals surface area contributed by atoms with Crippen molar-refractivity contribution in [1.29, 1.82) is 0 Å². The first-order valence-electron chi connectivity index (χ1n) is 14.2. The van der Waals surface area contributed by atoms with Crippen LogP contribution in [-0.2, 0) is 0 Å². The molecule has 30 heavy (non-hydrogen) atoms. The first-order valence-corrected chi connectivity index (χ1v) is 14.2. The molecule has 1 nitrogen and oxygen atoms in total. The van der Waals surface area contributed by atoms with Gasteiger partial charge in [-0.25, -0.2) is 0 Å². The summed E-state index contributed by atoms with van der Waals surface area (Å²) in [5, 5.41) is 0. The third-order valence-corrected chi connectivity index (χ3v) is 7.33. The summed E-state index contributed by atoms with van der Waals surface area (Å²) in [5.74, 6) is 1.06. The molecule has 0 bridgehead atoms. The first kappa shape index (κ1) is 30.4. The van der Waals surface area contributed by atoms with E-state index in [4.69, 9.17) is 0 Å². The Kier molecular flexibility index (Phi) is 24.4. The fourth-order valence-electron chi connectivity index (χ4n) is 5.28. The van der Waals surface area contributed by atoms with Crippen LogP contribution in [-0.4, -0.2) is 19.6 Å². The molecule has 182 valence electrons. The highest BCUT2D eigenvalue weighted by Gasteiger charge is 2.24. The summed E-state index contributed by atoms with van der Waals surface area (Å²) in [4.78, 5) is 1.93. The molecule has 1 N–H and O–H groups in total. The Bertz CT molecular complexity index is 290. The Balaban J connectivity index is 0.00000841. The van der Waals surface area contributed by atoms with Crippen molar-refractivity contribution in [2.24, 2.45) is 5.92 Å². The van der Waals surface area contributed by atoms with E-state index in [-0.39, 0.29) is 17.0 Å². The molecule has 0 aromatic rings. The molecule has 0 radical (unpaired) electrons. The molecule has 1 fully saturated rings. The van der Waals surface area contributed by atoms with E-state index in [0.29, 0.717) is 0 Å². The lowest BCUT2D eigenvalue weighted by atomic mass is 9.99. The highest BCUT2D eigenvalue weighted by molar-refractivity contribution is 4.63. The van der Waals surface area contributed by atoms with Gasteiger partial charge < -0.3 is 21.9 Å². The minimum atomic E-state index is 0. The largest absolute Gasteiger partial charge is 1.00 e.